The van der Waals surface area contributed by atoms with Crippen LogP contribution in [0, 0.1) is 6.92 Å². The van der Waals surface area contributed by atoms with Gasteiger partial charge in [-0.05, 0) is 47.4 Å². The summed E-state index contributed by atoms with van der Waals surface area (Å²) in [5, 5.41) is 5.25. The van der Waals surface area contributed by atoms with E-state index in [1.54, 1.807) is 0 Å². The lowest BCUT2D eigenvalue weighted by Crippen LogP contribution is -2.37. The highest BCUT2D eigenvalue weighted by atomic mass is 16.5. The zero-order chi connectivity index (χ0) is 17.6. The van der Waals surface area contributed by atoms with Crippen LogP contribution in [0.4, 0.5) is 0 Å². The average Bonchev–Trinajstić information content (AvgIpc) is 2.65. The Morgan fingerprint density at radius 1 is 1.00 bits per heavy atom. The smallest absolute Gasteiger partial charge is 0.261 e. The first kappa shape index (κ1) is 17.0. The number of nitrogens with one attached hydrogen (secondary N) is 1. The number of carbonyl (C=O) groups excluding carboxylic acids is 1. The number of hydrogen-bond donors (Lipinski definition) is 1. The van der Waals surface area contributed by atoms with E-state index in [2.05, 4.69) is 11.4 Å². The van der Waals surface area contributed by atoms with Crippen molar-refractivity contribution in [2.24, 2.45) is 0 Å². The molecule has 0 radical (unpaired) electrons. The van der Waals surface area contributed by atoms with E-state index in [0.717, 1.165) is 22.1 Å². The molecule has 1 amide bonds. The first-order valence-electron chi connectivity index (χ1n) is 8.65. The zero-order valence-electron chi connectivity index (χ0n) is 14.7. The standard InChI is InChI=1S/C22H23NO2/c1-3-21(22(24)23-15-19-11-5-4-8-16(19)2)25-20-13-12-17-9-6-7-10-18(17)14-20/h4-14,21H,3,15H2,1-2H3,(H,23,24). The fourth-order valence-corrected chi connectivity index (χ4v) is 2.83. The Hall–Kier alpha value is -2.81. The van der Waals surface area contributed by atoms with Crippen molar-refractivity contribution in [3.8, 4) is 5.75 Å². The van der Waals surface area contributed by atoms with Crippen molar-refractivity contribution in [3.63, 3.8) is 0 Å². The molecule has 0 bridgehead atoms. The van der Waals surface area contributed by atoms with Gasteiger partial charge in [0.2, 0.25) is 0 Å². The second kappa shape index (κ2) is 7.84. The van der Waals surface area contributed by atoms with Crippen LogP contribution in [0.15, 0.2) is 66.7 Å². The minimum Gasteiger partial charge on any atom is -0.481 e. The molecular formula is C22H23NO2. The second-order valence-electron chi connectivity index (χ2n) is 6.17. The van der Waals surface area contributed by atoms with Gasteiger partial charge in [0.05, 0.1) is 0 Å². The van der Waals surface area contributed by atoms with E-state index in [1.165, 1.54) is 5.56 Å². The van der Waals surface area contributed by atoms with Crippen LogP contribution < -0.4 is 10.1 Å². The van der Waals surface area contributed by atoms with E-state index in [-0.39, 0.29) is 5.91 Å². The molecule has 25 heavy (non-hydrogen) atoms. The molecule has 0 aliphatic heterocycles. The number of aryl methyl sites for hydroxylation is 1. The molecule has 0 spiro atoms. The summed E-state index contributed by atoms with van der Waals surface area (Å²) in [5.41, 5.74) is 2.29. The van der Waals surface area contributed by atoms with Gasteiger partial charge in [0.1, 0.15) is 5.75 Å². The van der Waals surface area contributed by atoms with Gasteiger partial charge in [0, 0.05) is 6.54 Å². The van der Waals surface area contributed by atoms with Crippen LogP contribution in [0.5, 0.6) is 5.75 Å². The summed E-state index contributed by atoms with van der Waals surface area (Å²) in [7, 11) is 0. The number of hydrogen-bond acceptors (Lipinski definition) is 2. The molecule has 3 nitrogen and oxygen atoms in total. The van der Waals surface area contributed by atoms with E-state index < -0.39 is 6.10 Å². The van der Waals surface area contributed by atoms with Gasteiger partial charge in [0.25, 0.3) is 5.91 Å². The molecule has 3 aromatic rings. The summed E-state index contributed by atoms with van der Waals surface area (Å²) < 4.78 is 5.94. The van der Waals surface area contributed by atoms with Crippen molar-refractivity contribution >= 4 is 16.7 Å². The third-order valence-electron chi connectivity index (χ3n) is 4.38. The number of rotatable bonds is 6. The number of fused-ring (bicyclic) bond motifs is 1. The number of ether oxygens (including phenoxy) is 1. The van der Waals surface area contributed by atoms with E-state index in [4.69, 9.17) is 4.74 Å². The molecule has 0 heterocycles. The molecule has 3 aromatic carbocycles. The molecular weight excluding hydrogens is 310 g/mol. The Kier molecular flexibility index (Phi) is 5.34. The summed E-state index contributed by atoms with van der Waals surface area (Å²) in [6, 6.07) is 22.1. The third kappa shape index (κ3) is 4.18. The molecule has 3 heteroatoms. The highest BCUT2D eigenvalue weighted by Crippen LogP contribution is 2.22. The first-order chi connectivity index (χ1) is 12.2. The average molecular weight is 333 g/mol. The number of amides is 1. The Balaban J connectivity index is 1.66. The van der Waals surface area contributed by atoms with Crippen molar-refractivity contribution in [3.05, 3.63) is 77.9 Å². The van der Waals surface area contributed by atoms with Crippen molar-refractivity contribution in [2.45, 2.75) is 32.9 Å². The quantitative estimate of drug-likeness (QED) is 0.715. The summed E-state index contributed by atoms with van der Waals surface area (Å²) >= 11 is 0. The van der Waals surface area contributed by atoms with Gasteiger partial charge in [-0.25, -0.2) is 0 Å². The minimum absolute atomic E-state index is 0.0843. The van der Waals surface area contributed by atoms with Crippen LogP contribution in [-0.2, 0) is 11.3 Å². The van der Waals surface area contributed by atoms with Crippen molar-refractivity contribution in [1.82, 2.24) is 5.32 Å². The largest absolute Gasteiger partial charge is 0.481 e. The minimum atomic E-state index is -0.495. The number of carbonyl (C=O) groups is 1. The van der Waals surface area contributed by atoms with E-state index in [9.17, 15) is 4.79 Å². The van der Waals surface area contributed by atoms with Crippen LogP contribution >= 0.6 is 0 Å². The zero-order valence-corrected chi connectivity index (χ0v) is 14.7. The second-order valence-corrected chi connectivity index (χ2v) is 6.17. The third-order valence-corrected chi connectivity index (χ3v) is 4.38. The lowest BCUT2D eigenvalue weighted by molar-refractivity contribution is -0.128. The van der Waals surface area contributed by atoms with Crippen LogP contribution in [-0.4, -0.2) is 12.0 Å². The maximum absolute atomic E-state index is 12.5. The molecule has 0 fully saturated rings. The molecule has 0 aromatic heterocycles. The predicted molar refractivity (Wildman–Crippen MR) is 102 cm³/mol. The molecule has 0 aliphatic rings. The summed E-state index contributed by atoms with van der Waals surface area (Å²) in [4.78, 5) is 12.5. The van der Waals surface area contributed by atoms with E-state index in [1.807, 2.05) is 74.5 Å². The molecule has 1 unspecified atom stereocenters. The monoisotopic (exact) mass is 333 g/mol. The van der Waals surface area contributed by atoms with Crippen molar-refractivity contribution < 1.29 is 9.53 Å². The molecule has 0 saturated carbocycles. The van der Waals surface area contributed by atoms with Gasteiger partial charge >= 0.3 is 0 Å². The maximum Gasteiger partial charge on any atom is 0.261 e. The van der Waals surface area contributed by atoms with E-state index >= 15 is 0 Å². The fourth-order valence-electron chi connectivity index (χ4n) is 2.83. The highest BCUT2D eigenvalue weighted by molar-refractivity contribution is 5.84. The summed E-state index contributed by atoms with van der Waals surface area (Å²) in [6.45, 7) is 4.52. The molecule has 3 rings (SSSR count). The Morgan fingerprint density at radius 3 is 2.48 bits per heavy atom. The topological polar surface area (TPSA) is 38.3 Å². The maximum atomic E-state index is 12.5. The fraction of sp³-hybridized carbons (Fsp3) is 0.227. The van der Waals surface area contributed by atoms with Gasteiger partial charge in [0.15, 0.2) is 6.10 Å². The van der Waals surface area contributed by atoms with Crippen LogP contribution in [0.2, 0.25) is 0 Å². The lowest BCUT2D eigenvalue weighted by Gasteiger charge is -2.18. The first-order valence-corrected chi connectivity index (χ1v) is 8.65. The Labute approximate surface area is 148 Å². The Bertz CT molecular complexity index is 873. The van der Waals surface area contributed by atoms with Crippen LogP contribution in [0.25, 0.3) is 10.8 Å². The predicted octanol–water partition coefficient (Wildman–Crippen LogP) is 4.62. The molecule has 128 valence electrons. The SMILES string of the molecule is CCC(Oc1ccc2ccccc2c1)C(=O)NCc1ccccc1C. The molecule has 1 atom stereocenters. The highest BCUT2D eigenvalue weighted by Gasteiger charge is 2.18. The van der Waals surface area contributed by atoms with Gasteiger partial charge < -0.3 is 10.1 Å². The molecule has 1 N–H and O–H groups in total. The molecule has 0 saturated heterocycles. The lowest BCUT2D eigenvalue weighted by atomic mass is 10.1. The van der Waals surface area contributed by atoms with Crippen molar-refractivity contribution in [1.29, 1.82) is 0 Å². The number of benzene rings is 3. The molecule has 0 aliphatic carbocycles. The van der Waals surface area contributed by atoms with E-state index in [0.29, 0.717) is 13.0 Å². The van der Waals surface area contributed by atoms with Gasteiger partial charge in [-0.15, -0.1) is 0 Å². The van der Waals surface area contributed by atoms with Gasteiger partial charge in [-0.2, -0.15) is 0 Å². The van der Waals surface area contributed by atoms with Crippen LogP contribution in [0.1, 0.15) is 24.5 Å². The van der Waals surface area contributed by atoms with Crippen LogP contribution in [0.3, 0.4) is 0 Å². The normalized spacial score (nSPS) is 11.9. The summed E-state index contributed by atoms with van der Waals surface area (Å²) in [5.74, 6) is 0.635. The van der Waals surface area contributed by atoms with Gasteiger partial charge in [-0.3, -0.25) is 4.79 Å². The van der Waals surface area contributed by atoms with Gasteiger partial charge in [-0.1, -0.05) is 61.5 Å². The Morgan fingerprint density at radius 2 is 1.72 bits per heavy atom. The van der Waals surface area contributed by atoms with Crippen molar-refractivity contribution in [2.75, 3.05) is 0 Å². The summed E-state index contributed by atoms with van der Waals surface area (Å²) in [6.07, 6.45) is 0.122.